The molecule has 0 radical (unpaired) electrons. The van der Waals surface area contributed by atoms with Crippen molar-refractivity contribution in [1.82, 2.24) is 4.90 Å². The van der Waals surface area contributed by atoms with Gasteiger partial charge < -0.3 is 19.1 Å². The lowest BCUT2D eigenvalue weighted by molar-refractivity contribution is -0.0586. The van der Waals surface area contributed by atoms with Gasteiger partial charge in [-0.15, -0.1) is 0 Å². The zero-order valence-electron chi connectivity index (χ0n) is 15.2. The summed E-state index contributed by atoms with van der Waals surface area (Å²) in [6.45, 7) is 10.5. The van der Waals surface area contributed by atoms with Crippen LogP contribution in [0.2, 0.25) is 0 Å². The van der Waals surface area contributed by atoms with Crippen LogP contribution in [0.15, 0.2) is 18.2 Å². The number of carbonyl (C=O) groups excluding carboxylic acids is 1. The Kier molecular flexibility index (Phi) is 6.91. The summed E-state index contributed by atoms with van der Waals surface area (Å²) in [5.74, 6) is 1.34. The number of unbranched alkanes of at least 4 members (excludes halogenated alkanes) is 1. The molecule has 0 aromatic heterocycles. The molecule has 0 bridgehead atoms. The first-order valence-electron chi connectivity index (χ1n) is 8.89. The number of nitrogens with zero attached hydrogens (tertiary/aromatic N) is 1. The molecule has 1 aliphatic heterocycles. The van der Waals surface area contributed by atoms with Crippen molar-refractivity contribution in [1.29, 1.82) is 0 Å². The van der Waals surface area contributed by atoms with Crippen LogP contribution in [0.4, 0.5) is 0 Å². The summed E-state index contributed by atoms with van der Waals surface area (Å²) in [6, 6.07) is 5.44. The molecule has 5 heteroatoms. The predicted octanol–water partition coefficient (Wildman–Crippen LogP) is 3.51. The van der Waals surface area contributed by atoms with E-state index in [0.717, 1.165) is 12.8 Å². The van der Waals surface area contributed by atoms with E-state index in [1.807, 2.05) is 37.8 Å². The second-order valence-corrected chi connectivity index (χ2v) is 6.26. The van der Waals surface area contributed by atoms with Crippen LogP contribution in [0.3, 0.4) is 0 Å². The predicted molar refractivity (Wildman–Crippen MR) is 93.9 cm³/mol. The first-order valence-corrected chi connectivity index (χ1v) is 8.89. The minimum atomic E-state index is 0.0121. The monoisotopic (exact) mass is 335 g/mol. The molecule has 0 spiro atoms. The number of carbonyl (C=O) groups is 1. The lowest BCUT2D eigenvalue weighted by atomic mass is 10.1. The van der Waals surface area contributed by atoms with Crippen molar-refractivity contribution in [2.45, 2.75) is 52.7 Å². The zero-order chi connectivity index (χ0) is 17.5. The highest BCUT2D eigenvalue weighted by Crippen LogP contribution is 2.29. The van der Waals surface area contributed by atoms with Gasteiger partial charge in [-0.05, 0) is 45.4 Å². The fourth-order valence-electron chi connectivity index (χ4n) is 2.88. The largest absolute Gasteiger partial charge is 0.490 e. The third kappa shape index (κ3) is 4.87. The molecule has 24 heavy (non-hydrogen) atoms. The molecule has 5 nitrogen and oxygen atoms in total. The minimum Gasteiger partial charge on any atom is -0.490 e. The molecule has 2 atom stereocenters. The molecule has 1 saturated heterocycles. The van der Waals surface area contributed by atoms with E-state index in [2.05, 4.69) is 6.92 Å². The van der Waals surface area contributed by atoms with Crippen LogP contribution in [-0.4, -0.2) is 49.3 Å². The summed E-state index contributed by atoms with van der Waals surface area (Å²) in [6.07, 6.45) is 2.19. The molecule has 1 fully saturated rings. The number of morpholine rings is 1. The van der Waals surface area contributed by atoms with Gasteiger partial charge in [0.05, 0.1) is 25.4 Å². The van der Waals surface area contributed by atoms with Crippen molar-refractivity contribution in [3.8, 4) is 11.5 Å². The Morgan fingerprint density at radius 2 is 1.88 bits per heavy atom. The van der Waals surface area contributed by atoms with Gasteiger partial charge in [-0.2, -0.15) is 0 Å². The summed E-state index contributed by atoms with van der Waals surface area (Å²) in [4.78, 5) is 14.6. The highest BCUT2D eigenvalue weighted by Gasteiger charge is 2.27. The van der Waals surface area contributed by atoms with E-state index in [4.69, 9.17) is 14.2 Å². The molecule has 2 unspecified atom stereocenters. The van der Waals surface area contributed by atoms with Gasteiger partial charge in [-0.1, -0.05) is 13.3 Å². The molecule has 2 rings (SSSR count). The number of rotatable bonds is 7. The van der Waals surface area contributed by atoms with Crippen molar-refractivity contribution in [2.24, 2.45) is 0 Å². The molecule has 0 N–H and O–H groups in total. The van der Waals surface area contributed by atoms with Gasteiger partial charge in [0.2, 0.25) is 0 Å². The second kappa shape index (κ2) is 8.92. The van der Waals surface area contributed by atoms with E-state index >= 15 is 0 Å². The minimum absolute atomic E-state index is 0.0121. The molecule has 1 aromatic rings. The van der Waals surface area contributed by atoms with E-state index in [-0.39, 0.29) is 18.1 Å². The van der Waals surface area contributed by atoms with Crippen LogP contribution < -0.4 is 9.47 Å². The van der Waals surface area contributed by atoms with Crippen LogP contribution in [-0.2, 0) is 4.74 Å². The average molecular weight is 335 g/mol. The SMILES string of the molecule is CCCCOc1ccc(C(=O)N2CC(C)OC(C)C2)cc1OCC. The summed E-state index contributed by atoms with van der Waals surface area (Å²) in [7, 11) is 0. The van der Waals surface area contributed by atoms with Gasteiger partial charge in [0.15, 0.2) is 11.5 Å². The smallest absolute Gasteiger partial charge is 0.254 e. The molecular formula is C19H29NO4. The third-order valence-electron chi connectivity index (χ3n) is 3.95. The summed E-state index contributed by atoms with van der Waals surface area (Å²) in [5.41, 5.74) is 0.627. The van der Waals surface area contributed by atoms with Gasteiger partial charge >= 0.3 is 0 Å². The maximum absolute atomic E-state index is 12.8. The van der Waals surface area contributed by atoms with Crippen LogP contribution in [0, 0.1) is 0 Å². The molecule has 1 amide bonds. The quantitative estimate of drug-likeness (QED) is 0.716. The Morgan fingerprint density at radius 1 is 1.17 bits per heavy atom. The van der Waals surface area contributed by atoms with Crippen LogP contribution >= 0.6 is 0 Å². The highest BCUT2D eigenvalue weighted by molar-refractivity contribution is 5.95. The van der Waals surface area contributed by atoms with Crippen LogP contribution in [0.1, 0.15) is 50.9 Å². The van der Waals surface area contributed by atoms with Crippen LogP contribution in [0.5, 0.6) is 11.5 Å². The first-order chi connectivity index (χ1) is 11.5. The van der Waals surface area contributed by atoms with E-state index < -0.39 is 0 Å². The summed E-state index contributed by atoms with van der Waals surface area (Å²) >= 11 is 0. The van der Waals surface area contributed by atoms with Gasteiger partial charge in [0, 0.05) is 18.7 Å². The summed E-state index contributed by atoms with van der Waals surface area (Å²) < 4.78 is 17.1. The maximum Gasteiger partial charge on any atom is 0.254 e. The van der Waals surface area contributed by atoms with Crippen LogP contribution in [0.25, 0.3) is 0 Å². The van der Waals surface area contributed by atoms with E-state index in [1.165, 1.54) is 0 Å². The van der Waals surface area contributed by atoms with Gasteiger partial charge in [-0.3, -0.25) is 4.79 Å². The Labute approximate surface area is 144 Å². The highest BCUT2D eigenvalue weighted by atomic mass is 16.5. The lowest BCUT2D eigenvalue weighted by Gasteiger charge is -2.35. The van der Waals surface area contributed by atoms with Gasteiger partial charge in [0.25, 0.3) is 5.91 Å². The molecule has 1 aromatic carbocycles. The molecule has 0 aliphatic carbocycles. The van der Waals surface area contributed by atoms with Gasteiger partial charge in [0.1, 0.15) is 0 Å². The van der Waals surface area contributed by atoms with Crippen molar-refractivity contribution in [3.63, 3.8) is 0 Å². The maximum atomic E-state index is 12.8. The van der Waals surface area contributed by atoms with E-state index in [0.29, 0.717) is 43.4 Å². The van der Waals surface area contributed by atoms with Gasteiger partial charge in [-0.25, -0.2) is 0 Å². The van der Waals surface area contributed by atoms with E-state index in [1.54, 1.807) is 6.07 Å². The Morgan fingerprint density at radius 3 is 2.50 bits per heavy atom. The molecule has 1 heterocycles. The zero-order valence-corrected chi connectivity index (χ0v) is 15.2. The Balaban J connectivity index is 2.14. The fraction of sp³-hybridized carbons (Fsp3) is 0.632. The Hall–Kier alpha value is -1.75. The Bertz CT molecular complexity index is 536. The third-order valence-corrected chi connectivity index (χ3v) is 3.95. The fourth-order valence-corrected chi connectivity index (χ4v) is 2.88. The molecule has 1 aliphatic rings. The van der Waals surface area contributed by atoms with Crippen molar-refractivity contribution in [2.75, 3.05) is 26.3 Å². The molecule has 134 valence electrons. The lowest BCUT2D eigenvalue weighted by Crippen LogP contribution is -2.48. The normalized spacial score (nSPS) is 20.8. The van der Waals surface area contributed by atoms with Crippen molar-refractivity contribution >= 4 is 5.91 Å². The summed E-state index contributed by atoms with van der Waals surface area (Å²) in [5, 5.41) is 0. The number of ether oxygens (including phenoxy) is 3. The second-order valence-electron chi connectivity index (χ2n) is 6.26. The number of benzene rings is 1. The number of hydrogen-bond donors (Lipinski definition) is 0. The first kappa shape index (κ1) is 18.6. The number of hydrogen-bond acceptors (Lipinski definition) is 4. The standard InChI is InChI=1S/C19H29NO4/c1-5-7-10-23-17-9-8-16(11-18(17)22-6-2)19(21)20-12-14(3)24-15(4)13-20/h8-9,11,14-15H,5-7,10,12-13H2,1-4H3. The average Bonchev–Trinajstić information content (AvgIpc) is 2.55. The van der Waals surface area contributed by atoms with E-state index in [9.17, 15) is 4.79 Å². The molecular weight excluding hydrogens is 306 g/mol. The van der Waals surface area contributed by atoms with Crippen molar-refractivity contribution in [3.05, 3.63) is 23.8 Å². The molecule has 0 saturated carbocycles. The number of amides is 1. The van der Waals surface area contributed by atoms with Crippen molar-refractivity contribution < 1.29 is 19.0 Å². The topological polar surface area (TPSA) is 48.0 Å².